The highest BCUT2D eigenvalue weighted by molar-refractivity contribution is 5.95. The van der Waals surface area contributed by atoms with Crippen molar-refractivity contribution in [2.45, 2.75) is 82.5 Å². The van der Waals surface area contributed by atoms with Crippen LogP contribution < -0.4 is 10.6 Å². The van der Waals surface area contributed by atoms with Gasteiger partial charge in [0.05, 0.1) is 42.8 Å². The van der Waals surface area contributed by atoms with Crippen molar-refractivity contribution in [1.82, 2.24) is 30.4 Å². The summed E-state index contributed by atoms with van der Waals surface area (Å²) in [7, 11) is 0. The molecule has 216 valence electrons. The fourth-order valence-electron chi connectivity index (χ4n) is 5.20. The molecular formula is C26H29F5N6O3. The topological polar surface area (TPSA) is 114 Å². The lowest BCUT2D eigenvalue weighted by molar-refractivity contribution is -0.144. The van der Waals surface area contributed by atoms with Crippen molar-refractivity contribution in [3.8, 4) is 0 Å². The summed E-state index contributed by atoms with van der Waals surface area (Å²) in [4.78, 5) is 29.9. The standard InChI is InChI=1S/C26H29F5N6O3/c1-14-18(12-33-40-14)24(39)36-23(16-4-7-25(27,28)8-5-16)19-13-37-20(34-19)10-17(11-32-37)22(15-2-3-15)35-21(38)6-9-26(29,30)31/h10-13,15-16,22-23H,2-9H2,1H3,(H,35,38)(H,36,39)/t22-,23+/m1/s1. The van der Waals surface area contributed by atoms with Crippen molar-refractivity contribution in [2.75, 3.05) is 0 Å². The molecular weight excluding hydrogens is 539 g/mol. The van der Waals surface area contributed by atoms with Gasteiger partial charge < -0.3 is 15.2 Å². The van der Waals surface area contributed by atoms with Gasteiger partial charge in [0.1, 0.15) is 11.3 Å². The summed E-state index contributed by atoms with van der Waals surface area (Å²) < 4.78 is 72.0. The quantitative estimate of drug-likeness (QED) is 0.342. The monoisotopic (exact) mass is 568 g/mol. The third-order valence-corrected chi connectivity index (χ3v) is 7.60. The molecule has 40 heavy (non-hydrogen) atoms. The molecule has 5 rings (SSSR count). The first-order valence-electron chi connectivity index (χ1n) is 13.2. The molecule has 2 N–H and O–H groups in total. The molecule has 0 saturated heterocycles. The van der Waals surface area contributed by atoms with E-state index in [-0.39, 0.29) is 43.1 Å². The minimum absolute atomic E-state index is 0.0799. The van der Waals surface area contributed by atoms with E-state index in [1.165, 1.54) is 16.9 Å². The molecule has 0 bridgehead atoms. The van der Waals surface area contributed by atoms with Gasteiger partial charge in [-0.25, -0.2) is 18.3 Å². The Morgan fingerprint density at radius 2 is 1.80 bits per heavy atom. The zero-order valence-electron chi connectivity index (χ0n) is 21.7. The number of fused-ring (bicyclic) bond motifs is 1. The van der Waals surface area contributed by atoms with Gasteiger partial charge in [0.25, 0.3) is 5.91 Å². The molecule has 2 aliphatic carbocycles. The van der Waals surface area contributed by atoms with Crippen LogP contribution in [0.25, 0.3) is 5.65 Å². The number of halogens is 5. The first-order valence-corrected chi connectivity index (χ1v) is 13.2. The maximum atomic E-state index is 13.9. The van der Waals surface area contributed by atoms with Crippen LogP contribution in [-0.4, -0.2) is 43.7 Å². The van der Waals surface area contributed by atoms with Crippen LogP contribution >= 0.6 is 0 Å². The maximum absolute atomic E-state index is 13.9. The Morgan fingerprint density at radius 3 is 2.42 bits per heavy atom. The van der Waals surface area contributed by atoms with Crippen LogP contribution in [0.3, 0.4) is 0 Å². The van der Waals surface area contributed by atoms with E-state index >= 15 is 0 Å². The second-order valence-electron chi connectivity index (χ2n) is 10.7. The minimum atomic E-state index is -4.42. The van der Waals surface area contributed by atoms with E-state index in [4.69, 9.17) is 4.52 Å². The molecule has 3 heterocycles. The Morgan fingerprint density at radius 1 is 1.10 bits per heavy atom. The van der Waals surface area contributed by atoms with Crippen molar-refractivity contribution in [2.24, 2.45) is 11.8 Å². The number of nitrogens with one attached hydrogen (secondary N) is 2. The molecule has 3 aromatic rings. The number of aromatic nitrogens is 4. The SMILES string of the molecule is Cc1oncc1C(=O)N[C@H](c1cn2ncc([C@H](NC(=O)CCC(F)(F)F)C3CC3)cc2n1)C1CCC(F)(F)CC1. The van der Waals surface area contributed by atoms with Crippen LogP contribution in [0, 0.1) is 18.8 Å². The molecule has 0 radical (unpaired) electrons. The summed E-state index contributed by atoms with van der Waals surface area (Å²) in [6.07, 6.45) is -0.466. The molecule has 9 nitrogen and oxygen atoms in total. The van der Waals surface area contributed by atoms with Gasteiger partial charge in [-0.05, 0) is 56.1 Å². The minimum Gasteiger partial charge on any atom is -0.361 e. The Balaban J connectivity index is 1.39. The second kappa shape index (κ2) is 10.8. The van der Waals surface area contributed by atoms with Crippen LogP contribution in [0.5, 0.6) is 0 Å². The normalized spacial score (nSPS) is 19.4. The van der Waals surface area contributed by atoms with Crippen molar-refractivity contribution < 1.29 is 36.1 Å². The first kappa shape index (κ1) is 28.0. The molecule has 2 saturated carbocycles. The number of amides is 2. The lowest BCUT2D eigenvalue weighted by Gasteiger charge is -2.33. The van der Waals surface area contributed by atoms with E-state index in [1.54, 1.807) is 19.2 Å². The number of hydrogen-bond acceptors (Lipinski definition) is 6. The lowest BCUT2D eigenvalue weighted by atomic mass is 9.81. The summed E-state index contributed by atoms with van der Waals surface area (Å²) >= 11 is 0. The number of imidazole rings is 1. The van der Waals surface area contributed by atoms with Crippen molar-refractivity contribution in [3.05, 3.63) is 47.2 Å². The predicted octanol–water partition coefficient (Wildman–Crippen LogP) is 5.23. The van der Waals surface area contributed by atoms with Gasteiger partial charge in [-0.3, -0.25) is 9.59 Å². The second-order valence-corrected chi connectivity index (χ2v) is 10.7. The van der Waals surface area contributed by atoms with Crippen molar-refractivity contribution in [1.29, 1.82) is 0 Å². The number of carbonyl (C=O) groups is 2. The third-order valence-electron chi connectivity index (χ3n) is 7.60. The average molecular weight is 569 g/mol. The Bertz CT molecular complexity index is 1370. The number of aryl methyl sites for hydroxylation is 1. The summed E-state index contributed by atoms with van der Waals surface area (Å²) in [5.41, 5.74) is 1.65. The van der Waals surface area contributed by atoms with Gasteiger partial charge in [0, 0.05) is 19.3 Å². The van der Waals surface area contributed by atoms with E-state index in [9.17, 15) is 31.5 Å². The first-order chi connectivity index (χ1) is 18.9. The molecule has 2 atom stereocenters. The summed E-state index contributed by atoms with van der Waals surface area (Å²) in [6, 6.07) is 0.497. The number of hydrogen-bond donors (Lipinski definition) is 2. The number of alkyl halides is 5. The highest BCUT2D eigenvalue weighted by Gasteiger charge is 2.40. The Labute approximate surface area is 225 Å². The van der Waals surface area contributed by atoms with Gasteiger partial charge in [-0.15, -0.1) is 0 Å². The van der Waals surface area contributed by atoms with Crippen LogP contribution in [0.2, 0.25) is 0 Å². The fourth-order valence-corrected chi connectivity index (χ4v) is 5.20. The van der Waals surface area contributed by atoms with Crippen LogP contribution in [0.4, 0.5) is 22.0 Å². The molecule has 0 spiro atoms. The Hall–Kier alpha value is -3.58. The molecule has 14 heteroatoms. The number of nitrogens with zero attached hydrogens (tertiary/aromatic N) is 4. The van der Waals surface area contributed by atoms with Crippen molar-refractivity contribution >= 4 is 17.5 Å². The van der Waals surface area contributed by atoms with E-state index in [1.807, 2.05) is 0 Å². The molecule has 0 unspecified atom stereocenters. The highest BCUT2D eigenvalue weighted by atomic mass is 19.4. The van der Waals surface area contributed by atoms with Crippen LogP contribution in [0.1, 0.15) is 90.8 Å². The van der Waals surface area contributed by atoms with Crippen LogP contribution in [-0.2, 0) is 4.79 Å². The molecule has 0 aliphatic heterocycles. The number of rotatable bonds is 9. The van der Waals surface area contributed by atoms with E-state index in [2.05, 4.69) is 25.9 Å². The molecule has 2 aliphatic rings. The fraction of sp³-hybridized carbons (Fsp3) is 0.577. The van der Waals surface area contributed by atoms with Gasteiger partial charge in [0.2, 0.25) is 11.8 Å². The lowest BCUT2D eigenvalue weighted by Crippen LogP contribution is -2.37. The zero-order chi connectivity index (χ0) is 28.7. The van der Waals surface area contributed by atoms with Gasteiger partial charge >= 0.3 is 6.18 Å². The van der Waals surface area contributed by atoms with Gasteiger partial charge in [-0.1, -0.05) is 5.16 Å². The highest BCUT2D eigenvalue weighted by Crippen LogP contribution is 2.43. The largest absolute Gasteiger partial charge is 0.389 e. The van der Waals surface area contributed by atoms with Gasteiger partial charge in [-0.2, -0.15) is 18.3 Å². The zero-order valence-corrected chi connectivity index (χ0v) is 21.7. The molecule has 2 amide bonds. The van der Waals surface area contributed by atoms with E-state index in [0.717, 1.165) is 12.8 Å². The average Bonchev–Trinajstić information content (AvgIpc) is 3.49. The molecule has 3 aromatic heterocycles. The van der Waals surface area contributed by atoms with Crippen molar-refractivity contribution in [3.63, 3.8) is 0 Å². The van der Waals surface area contributed by atoms with E-state index in [0.29, 0.717) is 22.7 Å². The summed E-state index contributed by atoms with van der Waals surface area (Å²) in [5.74, 6) is -3.83. The summed E-state index contributed by atoms with van der Waals surface area (Å²) in [5, 5.41) is 13.6. The third kappa shape index (κ3) is 6.58. The summed E-state index contributed by atoms with van der Waals surface area (Å²) in [6.45, 7) is 1.59. The maximum Gasteiger partial charge on any atom is 0.389 e. The smallest absolute Gasteiger partial charge is 0.361 e. The predicted molar refractivity (Wildman–Crippen MR) is 130 cm³/mol. The van der Waals surface area contributed by atoms with E-state index < -0.39 is 48.8 Å². The molecule has 0 aromatic carbocycles. The van der Waals surface area contributed by atoms with Gasteiger partial charge in [0.15, 0.2) is 5.65 Å². The Kier molecular flexibility index (Phi) is 7.53. The molecule has 2 fully saturated rings. The number of carbonyl (C=O) groups excluding carboxylic acids is 2. The van der Waals surface area contributed by atoms with Crippen LogP contribution in [0.15, 0.2) is 29.2 Å².